The topological polar surface area (TPSA) is 221 Å². The SMILES string of the molecule is CO/N=C(\C(=O)NC1C(=O)N2C(C(=O)[O-])=C(CSc3nc(=O)c([O-])nn3C)CSC12)c1csc(N)n1.[Na+].[Na+]. The zero-order valence-corrected chi connectivity index (χ0v) is 26.9. The maximum atomic E-state index is 12.9. The molecule has 15 nitrogen and oxygen atoms in total. The normalized spacial score (nSPS) is 18.5. The summed E-state index contributed by atoms with van der Waals surface area (Å²) in [5.74, 6) is -3.74. The van der Waals surface area contributed by atoms with Gasteiger partial charge in [-0.1, -0.05) is 16.9 Å². The van der Waals surface area contributed by atoms with Gasteiger partial charge in [-0.15, -0.1) is 23.1 Å². The Labute approximate surface area is 271 Å². The van der Waals surface area contributed by atoms with Crippen molar-refractivity contribution in [2.75, 3.05) is 24.3 Å². The maximum Gasteiger partial charge on any atom is 1.00 e. The van der Waals surface area contributed by atoms with Gasteiger partial charge in [0.1, 0.15) is 24.2 Å². The van der Waals surface area contributed by atoms with Crippen molar-refractivity contribution in [1.29, 1.82) is 0 Å². The molecule has 2 aromatic heterocycles. The van der Waals surface area contributed by atoms with Crippen molar-refractivity contribution in [2.24, 2.45) is 12.2 Å². The van der Waals surface area contributed by atoms with E-state index in [0.717, 1.165) is 32.7 Å². The fourth-order valence-corrected chi connectivity index (χ4v) is 6.33. The molecule has 0 saturated carbocycles. The number of fused-ring (bicyclic) bond motifs is 1. The van der Waals surface area contributed by atoms with Crippen molar-refractivity contribution >= 4 is 63.5 Å². The predicted octanol–water partition coefficient (Wildman–Crippen LogP) is -9.16. The van der Waals surface area contributed by atoms with Crippen LogP contribution in [-0.2, 0) is 26.3 Å². The summed E-state index contributed by atoms with van der Waals surface area (Å²) >= 11 is 3.31. The summed E-state index contributed by atoms with van der Waals surface area (Å²) in [5.41, 5.74) is 4.57. The Kier molecular flexibility index (Phi) is 11.7. The van der Waals surface area contributed by atoms with E-state index < -0.39 is 40.6 Å². The van der Waals surface area contributed by atoms with E-state index in [1.54, 1.807) is 0 Å². The summed E-state index contributed by atoms with van der Waals surface area (Å²) in [5, 5.41) is 34.1. The third-order valence-corrected chi connectivity index (χ3v) is 8.08. The monoisotopic (exact) mass is 598 g/mol. The van der Waals surface area contributed by atoms with Gasteiger partial charge in [-0.2, -0.15) is 10.1 Å². The molecule has 3 N–H and O–H groups in total. The zero-order chi connectivity index (χ0) is 26.1. The molecule has 2 amide bonds. The first-order chi connectivity index (χ1) is 17.1. The number of aromatic nitrogens is 4. The van der Waals surface area contributed by atoms with E-state index in [-0.39, 0.29) is 98.0 Å². The molecular weight excluding hydrogens is 582 g/mol. The number of nitrogen functional groups attached to an aromatic ring is 1. The van der Waals surface area contributed by atoms with Crippen LogP contribution in [0.15, 0.2) is 31.8 Å². The number of thiazole rings is 1. The van der Waals surface area contributed by atoms with Gasteiger partial charge in [0.15, 0.2) is 16.0 Å². The molecule has 0 aromatic carbocycles. The van der Waals surface area contributed by atoms with E-state index in [1.807, 2.05) is 0 Å². The average Bonchev–Trinajstić information content (AvgIpc) is 3.27. The van der Waals surface area contributed by atoms with E-state index >= 15 is 0 Å². The molecule has 0 aliphatic carbocycles. The van der Waals surface area contributed by atoms with Crippen molar-refractivity contribution < 1.29 is 88.5 Å². The number of carbonyl (C=O) groups is 3. The predicted molar refractivity (Wildman–Crippen MR) is 125 cm³/mol. The number of aliphatic carboxylic acids is 1. The first-order valence-electron chi connectivity index (χ1n) is 9.89. The molecule has 2 unspecified atom stereocenters. The van der Waals surface area contributed by atoms with Crippen LogP contribution in [0.3, 0.4) is 0 Å². The molecular formula is C18H16N8Na2O7S3. The van der Waals surface area contributed by atoms with Crippen molar-refractivity contribution in [3.05, 3.63) is 32.7 Å². The number of hydrogen-bond donors (Lipinski definition) is 2. The summed E-state index contributed by atoms with van der Waals surface area (Å²) in [6.07, 6.45) is 0. The van der Waals surface area contributed by atoms with Gasteiger partial charge in [0.2, 0.25) is 0 Å². The standard InChI is InChI=1S/C18H18N8O7S3.2Na/c1-25-18(22-12(28)13(29)23-25)36-4-6-3-34-15-9(14(30)26(15)10(6)16(31)32)21-11(27)8(24-33-2)7-5-35-17(19)20-7;;/h5,9,15H,3-4H2,1-2H3,(H2,19,20)(H,21,27)(H,23,29)(H,31,32);;/q;2*+1/p-2/b24-8-;;. The second kappa shape index (κ2) is 13.6. The first-order valence-corrected chi connectivity index (χ1v) is 12.8. The van der Waals surface area contributed by atoms with Gasteiger partial charge in [-0.05, 0) is 5.57 Å². The fraction of sp³-hybridized carbons (Fsp3) is 0.333. The van der Waals surface area contributed by atoms with Crippen molar-refractivity contribution in [3.63, 3.8) is 0 Å². The van der Waals surface area contributed by atoms with Gasteiger partial charge in [-0.25, -0.2) is 9.67 Å². The third kappa shape index (κ3) is 6.56. The summed E-state index contributed by atoms with van der Waals surface area (Å²) in [6.45, 7) is 0. The fourth-order valence-electron chi connectivity index (χ4n) is 3.39. The van der Waals surface area contributed by atoms with Crippen LogP contribution in [0.1, 0.15) is 5.69 Å². The summed E-state index contributed by atoms with van der Waals surface area (Å²) < 4.78 is 1.11. The maximum absolute atomic E-state index is 12.9. The van der Waals surface area contributed by atoms with Crippen molar-refractivity contribution in [3.8, 4) is 5.88 Å². The summed E-state index contributed by atoms with van der Waals surface area (Å²) in [7, 11) is 2.66. The van der Waals surface area contributed by atoms with Gasteiger partial charge in [0.25, 0.3) is 17.4 Å². The number of β-lactam (4-membered cyclic amide) rings is 1. The van der Waals surface area contributed by atoms with Gasteiger partial charge in [0.05, 0.1) is 17.5 Å². The number of amides is 2. The minimum Gasteiger partial charge on any atom is -0.854 e. The number of carboxylic acid groups (broad SMARTS) is 1. The molecule has 4 heterocycles. The third-order valence-electron chi connectivity index (χ3n) is 4.96. The molecule has 1 saturated heterocycles. The summed E-state index contributed by atoms with van der Waals surface area (Å²) in [4.78, 5) is 62.5. The van der Waals surface area contributed by atoms with E-state index in [9.17, 15) is 29.4 Å². The Morgan fingerprint density at radius 1 is 1.34 bits per heavy atom. The van der Waals surface area contributed by atoms with Crippen LogP contribution in [-0.4, -0.2) is 78.2 Å². The zero-order valence-electron chi connectivity index (χ0n) is 20.5. The number of thioether (sulfide) groups is 2. The van der Waals surface area contributed by atoms with Crippen LogP contribution in [0.2, 0.25) is 0 Å². The Balaban J connectivity index is 0.00000253. The average molecular weight is 599 g/mol. The van der Waals surface area contributed by atoms with E-state index in [4.69, 9.17) is 10.6 Å². The Bertz CT molecular complexity index is 1380. The van der Waals surface area contributed by atoms with Gasteiger partial charge < -0.3 is 30.9 Å². The molecule has 0 radical (unpaired) electrons. The quantitative estimate of drug-likeness (QED) is 0.0949. The number of carboxylic acids is 1. The molecule has 190 valence electrons. The molecule has 2 aromatic rings. The Morgan fingerprint density at radius 3 is 2.66 bits per heavy atom. The number of oxime groups is 1. The number of carbonyl (C=O) groups excluding carboxylic acids is 3. The number of aryl methyl sites for hydroxylation is 1. The van der Waals surface area contributed by atoms with Crippen LogP contribution < -0.4 is 85.9 Å². The second-order valence-corrected chi connectivity index (χ2v) is 10.1. The minimum absolute atomic E-state index is 0. The number of nitrogens with two attached hydrogens (primary N) is 1. The number of rotatable bonds is 8. The van der Waals surface area contributed by atoms with Gasteiger partial charge in [-0.3, -0.25) is 19.3 Å². The Morgan fingerprint density at radius 2 is 2.05 bits per heavy atom. The Hall–Kier alpha value is -1.64. The molecule has 2 atom stereocenters. The molecule has 4 rings (SSSR count). The van der Waals surface area contributed by atoms with E-state index in [0.29, 0.717) is 5.57 Å². The first kappa shape index (κ1) is 32.6. The van der Waals surface area contributed by atoms with Gasteiger partial charge in [0, 0.05) is 23.9 Å². The van der Waals surface area contributed by atoms with E-state index in [2.05, 4.69) is 25.5 Å². The van der Waals surface area contributed by atoms with Gasteiger partial charge >= 0.3 is 59.1 Å². The van der Waals surface area contributed by atoms with Crippen molar-refractivity contribution in [1.82, 2.24) is 30.0 Å². The molecule has 38 heavy (non-hydrogen) atoms. The number of anilines is 1. The van der Waals surface area contributed by atoms with Crippen LogP contribution >= 0.6 is 34.9 Å². The van der Waals surface area contributed by atoms with Crippen molar-refractivity contribution in [2.45, 2.75) is 16.6 Å². The summed E-state index contributed by atoms with van der Waals surface area (Å²) in [6, 6.07) is -1.03. The number of nitrogens with one attached hydrogen (secondary N) is 1. The molecule has 1 fully saturated rings. The van der Waals surface area contributed by atoms with Crippen LogP contribution in [0.4, 0.5) is 5.13 Å². The molecule has 0 bridgehead atoms. The molecule has 20 heteroatoms. The second-order valence-electron chi connectivity index (χ2n) is 7.21. The van der Waals surface area contributed by atoms with Crippen LogP contribution in [0, 0.1) is 0 Å². The van der Waals surface area contributed by atoms with E-state index in [1.165, 1.54) is 31.3 Å². The number of nitrogens with zero attached hydrogens (tertiary/aromatic N) is 6. The largest absolute Gasteiger partial charge is 1.00 e. The van der Waals surface area contributed by atoms with Crippen LogP contribution in [0.5, 0.6) is 5.88 Å². The molecule has 2 aliphatic rings. The number of hydrogen-bond acceptors (Lipinski definition) is 15. The van der Waals surface area contributed by atoms with Crippen LogP contribution in [0.25, 0.3) is 0 Å². The minimum atomic E-state index is -1.57. The molecule has 0 spiro atoms. The smallest absolute Gasteiger partial charge is 0.854 e. The molecule has 2 aliphatic heterocycles.